The van der Waals surface area contributed by atoms with Gasteiger partial charge in [0.1, 0.15) is 11.4 Å². The van der Waals surface area contributed by atoms with Crippen LogP contribution in [0.15, 0.2) is 30.3 Å². The van der Waals surface area contributed by atoms with E-state index in [9.17, 15) is 9.18 Å². The molecule has 0 spiro atoms. The van der Waals surface area contributed by atoms with Crippen molar-refractivity contribution in [3.05, 3.63) is 50.9 Å². The molecule has 0 aliphatic heterocycles. The zero-order valence-electron chi connectivity index (χ0n) is 9.82. The Hall–Kier alpha value is -1.59. The third-order valence-electron chi connectivity index (χ3n) is 2.54. The molecule has 3 nitrogen and oxygen atoms in total. The third kappa shape index (κ3) is 3.45. The molecule has 100 valence electrons. The number of nitrogens with one attached hydrogen (secondary N) is 1. The minimum Gasteiger partial charge on any atom is -0.478 e. The van der Waals surface area contributed by atoms with Crippen molar-refractivity contribution in [3.63, 3.8) is 0 Å². The molecule has 2 aromatic rings. The van der Waals surface area contributed by atoms with Crippen molar-refractivity contribution in [2.45, 2.75) is 6.42 Å². The van der Waals surface area contributed by atoms with E-state index in [0.29, 0.717) is 17.3 Å². The fourth-order valence-corrected chi connectivity index (χ4v) is 2.78. The Morgan fingerprint density at radius 1 is 1.37 bits per heavy atom. The number of anilines is 1. The van der Waals surface area contributed by atoms with Crippen LogP contribution >= 0.6 is 22.9 Å². The quantitative estimate of drug-likeness (QED) is 0.880. The summed E-state index contributed by atoms with van der Waals surface area (Å²) in [5.41, 5.74) is -0.0399. The second kappa shape index (κ2) is 6.04. The Balaban J connectivity index is 2.03. The highest BCUT2D eigenvalue weighted by Crippen LogP contribution is 2.22. The average molecular weight is 300 g/mol. The van der Waals surface area contributed by atoms with E-state index < -0.39 is 11.8 Å². The number of benzene rings is 1. The van der Waals surface area contributed by atoms with Gasteiger partial charge >= 0.3 is 5.97 Å². The van der Waals surface area contributed by atoms with Gasteiger partial charge in [-0.05, 0) is 30.7 Å². The molecule has 0 fully saturated rings. The summed E-state index contributed by atoms with van der Waals surface area (Å²) in [5.74, 6) is -2.02. The smallest absolute Gasteiger partial charge is 0.340 e. The van der Waals surface area contributed by atoms with Gasteiger partial charge in [-0.25, -0.2) is 9.18 Å². The van der Waals surface area contributed by atoms with Gasteiger partial charge in [-0.2, -0.15) is 0 Å². The van der Waals surface area contributed by atoms with E-state index in [1.807, 2.05) is 12.1 Å². The summed E-state index contributed by atoms with van der Waals surface area (Å²) in [5, 5.41) is 11.9. The van der Waals surface area contributed by atoms with Crippen LogP contribution in [0.2, 0.25) is 4.34 Å². The van der Waals surface area contributed by atoms with Gasteiger partial charge < -0.3 is 10.4 Å². The van der Waals surface area contributed by atoms with Crippen LogP contribution in [-0.2, 0) is 6.42 Å². The van der Waals surface area contributed by atoms with E-state index in [4.69, 9.17) is 16.7 Å². The van der Waals surface area contributed by atoms with Gasteiger partial charge in [-0.15, -0.1) is 11.3 Å². The van der Waals surface area contributed by atoms with E-state index in [-0.39, 0.29) is 11.3 Å². The van der Waals surface area contributed by atoms with Gasteiger partial charge in [0, 0.05) is 11.4 Å². The number of rotatable bonds is 5. The van der Waals surface area contributed by atoms with Gasteiger partial charge in [-0.1, -0.05) is 17.7 Å². The second-order valence-electron chi connectivity index (χ2n) is 3.85. The van der Waals surface area contributed by atoms with Crippen LogP contribution in [-0.4, -0.2) is 17.6 Å². The number of halogens is 2. The van der Waals surface area contributed by atoms with Crippen molar-refractivity contribution in [3.8, 4) is 0 Å². The fourth-order valence-electron chi connectivity index (χ4n) is 1.70. The van der Waals surface area contributed by atoms with Crippen molar-refractivity contribution >= 4 is 34.6 Å². The van der Waals surface area contributed by atoms with Gasteiger partial charge in [0.25, 0.3) is 0 Å². The van der Waals surface area contributed by atoms with E-state index in [2.05, 4.69) is 5.32 Å². The number of carboxylic acids is 1. The SMILES string of the molecule is O=C(O)c1c(F)cccc1NCCc1ccc(Cl)s1. The van der Waals surface area contributed by atoms with Gasteiger partial charge in [0.2, 0.25) is 0 Å². The highest BCUT2D eigenvalue weighted by molar-refractivity contribution is 7.16. The maximum atomic E-state index is 13.4. The summed E-state index contributed by atoms with van der Waals surface area (Å²) in [7, 11) is 0. The molecule has 0 aliphatic rings. The Kier molecular flexibility index (Phi) is 4.39. The second-order valence-corrected chi connectivity index (χ2v) is 5.65. The van der Waals surface area contributed by atoms with Gasteiger partial charge in [0.15, 0.2) is 0 Å². The van der Waals surface area contributed by atoms with Gasteiger partial charge in [-0.3, -0.25) is 0 Å². The number of hydrogen-bond acceptors (Lipinski definition) is 3. The molecule has 2 N–H and O–H groups in total. The molecule has 0 saturated carbocycles. The third-order valence-corrected chi connectivity index (χ3v) is 3.83. The minimum absolute atomic E-state index is 0.287. The van der Waals surface area contributed by atoms with Crippen LogP contribution in [0.1, 0.15) is 15.2 Å². The molecule has 1 aromatic carbocycles. The average Bonchev–Trinajstić information content (AvgIpc) is 2.74. The van der Waals surface area contributed by atoms with E-state index in [1.54, 1.807) is 6.07 Å². The molecular weight excluding hydrogens is 289 g/mol. The van der Waals surface area contributed by atoms with Crippen LogP contribution in [0.25, 0.3) is 0 Å². The van der Waals surface area contributed by atoms with Crippen LogP contribution < -0.4 is 5.32 Å². The highest BCUT2D eigenvalue weighted by atomic mass is 35.5. The van der Waals surface area contributed by atoms with Crippen molar-refractivity contribution < 1.29 is 14.3 Å². The molecule has 0 amide bonds. The van der Waals surface area contributed by atoms with Crippen LogP contribution in [0.5, 0.6) is 0 Å². The Labute approximate surface area is 118 Å². The number of carbonyl (C=O) groups is 1. The van der Waals surface area contributed by atoms with Crippen molar-refractivity contribution in [1.29, 1.82) is 0 Å². The fraction of sp³-hybridized carbons (Fsp3) is 0.154. The first kappa shape index (κ1) is 13.8. The van der Waals surface area contributed by atoms with Crippen LogP contribution in [0, 0.1) is 5.82 Å². The van der Waals surface area contributed by atoms with Crippen molar-refractivity contribution in [2.24, 2.45) is 0 Å². The highest BCUT2D eigenvalue weighted by Gasteiger charge is 2.15. The van der Waals surface area contributed by atoms with Crippen LogP contribution in [0.3, 0.4) is 0 Å². The Bertz CT molecular complexity index is 600. The number of thiophene rings is 1. The summed E-state index contributed by atoms with van der Waals surface area (Å²) < 4.78 is 14.1. The maximum absolute atomic E-state index is 13.4. The lowest BCUT2D eigenvalue weighted by Gasteiger charge is -2.09. The summed E-state index contributed by atoms with van der Waals surface area (Å²) >= 11 is 7.29. The first-order valence-electron chi connectivity index (χ1n) is 5.58. The lowest BCUT2D eigenvalue weighted by molar-refractivity contribution is 0.0693. The zero-order chi connectivity index (χ0) is 13.8. The Morgan fingerprint density at radius 3 is 2.79 bits per heavy atom. The lowest BCUT2D eigenvalue weighted by atomic mass is 10.1. The number of carboxylic acid groups (broad SMARTS) is 1. The molecule has 0 bridgehead atoms. The molecule has 0 atom stereocenters. The molecule has 6 heteroatoms. The lowest BCUT2D eigenvalue weighted by Crippen LogP contribution is -2.10. The minimum atomic E-state index is -1.28. The van der Waals surface area contributed by atoms with Crippen LogP contribution in [0.4, 0.5) is 10.1 Å². The summed E-state index contributed by atoms with van der Waals surface area (Å²) in [4.78, 5) is 12.1. The van der Waals surface area contributed by atoms with Gasteiger partial charge in [0.05, 0.1) is 10.0 Å². The first-order valence-corrected chi connectivity index (χ1v) is 6.77. The van der Waals surface area contributed by atoms with Crippen molar-refractivity contribution in [2.75, 3.05) is 11.9 Å². The summed E-state index contributed by atoms with van der Waals surface area (Å²) in [6.07, 6.45) is 0.701. The predicted molar refractivity (Wildman–Crippen MR) is 74.9 cm³/mol. The molecule has 1 aromatic heterocycles. The molecule has 1 heterocycles. The van der Waals surface area contributed by atoms with E-state index >= 15 is 0 Å². The maximum Gasteiger partial charge on any atom is 0.340 e. The molecule has 0 unspecified atom stereocenters. The molecule has 2 rings (SSSR count). The molecule has 0 radical (unpaired) electrons. The largest absolute Gasteiger partial charge is 0.478 e. The molecule has 19 heavy (non-hydrogen) atoms. The molecular formula is C13H11ClFNO2S. The summed E-state index contributed by atoms with van der Waals surface area (Å²) in [6.45, 7) is 0.514. The van der Waals surface area contributed by atoms with E-state index in [1.165, 1.54) is 17.4 Å². The first-order chi connectivity index (χ1) is 9.08. The zero-order valence-corrected chi connectivity index (χ0v) is 11.4. The topological polar surface area (TPSA) is 49.3 Å². The standard InChI is InChI=1S/C13H11ClFNO2S/c14-11-5-4-8(19-11)6-7-16-10-3-1-2-9(15)12(10)13(17)18/h1-5,16H,6-7H2,(H,17,18). The number of hydrogen-bond donors (Lipinski definition) is 2. The Morgan fingerprint density at radius 2 is 2.16 bits per heavy atom. The van der Waals surface area contributed by atoms with E-state index in [0.717, 1.165) is 10.9 Å². The molecule has 0 aliphatic carbocycles. The summed E-state index contributed by atoms with van der Waals surface area (Å²) in [6, 6.07) is 7.89. The normalized spacial score (nSPS) is 10.4. The number of aromatic carboxylic acids is 1. The van der Waals surface area contributed by atoms with Crippen molar-refractivity contribution in [1.82, 2.24) is 0 Å². The molecule has 0 saturated heterocycles. The predicted octanol–water partition coefficient (Wildman–Crippen LogP) is 3.89. The monoisotopic (exact) mass is 299 g/mol.